The third-order valence-corrected chi connectivity index (χ3v) is 2.80. The quantitative estimate of drug-likeness (QED) is 0.732. The van der Waals surface area contributed by atoms with Gasteiger partial charge in [0.25, 0.3) is 0 Å². The summed E-state index contributed by atoms with van der Waals surface area (Å²) in [4.78, 5) is 13.1. The minimum absolute atomic E-state index is 0.0586. The van der Waals surface area contributed by atoms with E-state index >= 15 is 0 Å². The average Bonchev–Trinajstić information content (AvgIpc) is 2.64. The fourth-order valence-electron chi connectivity index (χ4n) is 1.72. The number of aromatic amines is 1. The molecule has 1 aliphatic rings. The molecule has 1 fully saturated rings. The van der Waals surface area contributed by atoms with Crippen molar-refractivity contribution >= 4 is 0 Å². The van der Waals surface area contributed by atoms with E-state index in [4.69, 9.17) is 5.73 Å². The Labute approximate surface area is 81.7 Å². The Hall–Kier alpha value is -1.10. The number of nitrogens with two attached hydrogens (primary N) is 1. The van der Waals surface area contributed by atoms with Crippen molar-refractivity contribution in [1.29, 1.82) is 0 Å². The first-order chi connectivity index (χ1) is 6.57. The fourth-order valence-corrected chi connectivity index (χ4v) is 1.72. The van der Waals surface area contributed by atoms with Crippen LogP contribution in [0.15, 0.2) is 9.32 Å². The molecule has 5 heteroatoms. The normalized spacial score (nSPS) is 20.7. The van der Waals surface area contributed by atoms with E-state index in [1.165, 1.54) is 12.8 Å². The first kappa shape index (κ1) is 9.45. The van der Waals surface area contributed by atoms with Gasteiger partial charge in [-0.25, -0.2) is 4.79 Å². The minimum Gasteiger partial charge on any atom is -0.327 e. The molecular weight excluding hydrogens is 182 g/mol. The van der Waals surface area contributed by atoms with Gasteiger partial charge in [0.1, 0.15) is 0 Å². The Morgan fingerprint density at radius 3 is 2.93 bits per heavy atom. The van der Waals surface area contributed by atoms with E-state index in [0.717, 1.165) is 6.42 Å². The first-order valence-electron chi connectivity index (χ1n) is 4.88. The Bertz CT molecular complexity index is 364. The molecule has 3 N–H and O–H groups in total. The van der Waals surface area contributed by atoms with Crippen LogP contribution in [0.1, 0.15) is 32.0 Å². The lowest BCUT2D eigenvalue weighted by molar-refractivity contribution is 0.375. The van der Waals surface area contributed by atoms with Crippen LogP contribution in [-0.4, -0.2) is 16.2 Å². The molecule has 1 saturated carbocycles. The van der Waals surface area contributed by atoms with Gasteiger partial charge in [-0.1, -0.05) is 12.1 Å². The van der Waals surface area contributed by atoms with Gasteiger partial charge in [0.15, 0.2) is 5.82 Å². The van der Waals surface area contributed by atoms with E-state index in [0.29, 0.717) is 17.7 Å². The second-order valence-corrected chi connectivity index (χ2v) is 4.52. The number of rotatable bonds is 4. The lowest BCUT2D eigenvalue weighted by atomic mass is 9.97. The second-order valence-electron chi connectivity index (χ2n) is 4.52. The summed E-state index contributed by atoms with van der Waals surface area (Å²) >= 11 is 0. The van der Waals surface area contributed by atoms with Crippen LogP contribution >= 0.6 is 0 Å². The summed E-state index contributed by atoms with van der Waals surface area (Å²) < 4.78 is 4.39. The third-order valence-electron chi connectivity index (χ3n) is 2.80. The smallest absolute Gasteiger partial charge is 0.327 e. The van der Waals surface area contributed by atoms with Crippen LogP contribution in [0.3, 0.4) is 0 Å². The molecule has 0 spiro atoms. The van der Waals surface area contributed by atoms with Crippen molar-refractivity contribution in [1.82, 2.24) is 10.1 Å². The summed E-state index contributed by atoms with van der Waals surface area (Å²) in [7, 11) is 0. The highest BCUT2D eigenvalue weighted by molar-refractivity contribution is 4.94. The SMILES string of the molecule is CC1(CC(N)Cc2noc(=O)[nH]2)CC1. The molecule has 1 aromatic heterocycles. The third kappa shape index (κ3) is 2.23. The van der Waals surface area contributed by atoms with Gasteiger partial charge in [-0.05, 0) is 24.7 Å². The molecule has 1 aliphatic carbocycles. The standard InChI is InChI=1S/C9H15N3O2/c1-9(2-3-9)5-6(10)4-7-11-8(13)14-12-7/h6H,2-5,10H2,1H3,(H,11,12,13). The zero-order chi connectivity index (χ0) is 10.2. The number of aromatic nitrogens is 2. The molecule has 0 aliphatic heterocycles. The van der Waals surface area contributed by atoms with Crippen LogP contribution < -0.4 is 11.5 Å². The van der Waals surface area contributed by atoms with Gasteiger partial charge in [-0.3, -0.25) is 9.51 Å². The molecule has 0 bridgehead atoms. The highest BCUT2D eigenvalue weighted by Gasteiger charge is 2.38. The molecule has 1 atom stereocenters. The summed E-state index contributed by atoms with van der Waals surface area (Å²) in [6.45, 7) is 2.23. The summed E-state index contributed by atoms with van der Waals surface area (Å²) in [5.74, 6) is 0.0385. The predicted octanol–water partition coefficient (Wildman–Crippen LogP) is 0.423. The predicted molar refractivity (Wildman–Crippen MR) is 50.8 cm³/mol. The molecule has 0 radical (unpaired) electrons. The van der Waals surface area contributed by atoms with Gasteiger partial charge in [0.05, 0.1) is 0 Å². The van der Waals surface area contributed by atoms with Crippen molar-refractivity contribution in [2.75, 3.05) is 0 Å². The van der Waals surface area contributed by atoms with Crippen LogP contribution in [0, 0.1) is 5.41 Å². The van der Waals surface area contributed by atoms with Gasteiger partial charge < -0.3 is 5.73 Å². The van der Waals surface area contributed by atoms with Crippen molar-refractivity contribution in [3.05, 3.63) is 16.4 Å². The molecule has 1 aromatic rings. The van der Waals surface area contributed by atoms with E-state index in [-0.39, 0.29) is 6.04 Å². The number of H-pyrrole nitrogens is 1. The molecule has 5 nitrogen and oxygen atoms in total. The van der Waals surface area contributed by atoms with E-state index in [1.54, 1.807) is 0 Å². The summed E-state index contributed by atoms with van der Waals surface area (Å²) in [5.41, 5.74) is 6.37. The number of nitrogens with one attached hydrogen (secondary N) is 1. The van der Waals surface area contributed by atoms with Crippen molar-refractivity contribution < 1.29 is 4.52 Å². The average molecular weight is 197 g/mol. The number of nitrogens with zero attached hydrogens (tertiary/aromatic N) is 1. The Kier molecular flexibility index (Phi) is 2.19. The first-order valence-corrected chi connectivity index (χ1v) is 4.88. The highest BCUT2D eigenvalue weighted by atomic mass is 16.5. The van der Waals surface area contributed by atoms with Crippen LogP contribution in [-0.2, 0) is 6.42 Å². The topological polar surface area (TPSA) is 84.9 Å². The highest BCUT2D eigenvalue weighted by Crippen LogP contribution is 2.48. The van der Waals surface area contributed by atoms with Crippen LogP contribution in [0.5, 0.6) is 0 Å². The van der Waals surface area contributed by atoms with Gasteiger partial charge in [0.2, 0.25) is 0 Å². The Morgan fingerprint density at radius 1 is 1.71 bits per heavy atom. The summed E-state index contributed by atoms with van der Waals surface area (Å²) in [5, 5.41) is 3.58. The van der Waals surface area contributed by atoms with Crippen LogP contribution in [0.25, 0.3) is 0 Å². The zero-order valence-corrected chi connectivity index (χ0v) is 8.25. The van der Waals surface area contributed by atoms with Gasteiger partial charge >= 0.3 is 5.76 Å². The van der Waals surface area contributed by atoms with Crippen LogP contribution in [0.4, 0.5) is 0 Å². The number of hydrogen-bond acceptors (Lipinski definition) is 4. The maximum absolute atomic E-state index is 10.6. The monoisotopic (exact) mass is 197 g/mol. The molecular formula is C9H15N3O2. The van der Waals surface area contributed by atoms with Crippen molar-refractivity contribution in [2.45, 2.75) is 38.6 Å². The van der Waals surface area contributed by atoms with Crippen LogP contribution in [0.2, 0.25) is 0 Å². The summed E-state index contributed by atoms with van der Waals surface area (Å²) in [6, 6.07) is 0.0586. The minimum atomic E-state index is -0.509. The lowest BCUT2D eigenvalue weighted by Gasteiger charge is -2.13. The van der Waals surface area contributed by atoms with Crippen molar-refractivity contribution in [2.24, 2.45) is 11.1 Å². The Balaban J connectivity index is 1.88. The molecule has 0 amide bonds. The lowest BCUT2D eigenvalue weighted by Crippen LogP contribution is -2.26. The molecule has 1 heterocycles. The maximum Gasteiger partial charge on any atom is 0.438 e. The number of hydrogen-bond donors (Lipinski definition) is 2. The molecule has 1 unspecified atom stereocenters. The zero-order valence-electron chi connectivity index (χ0n) is 8.25. The molecule has 0 saturated heterocycles. The summed E-state index contributed by atoms with van der Waals surface area (Å²) in [6.07, 6.45) is 4.09. The molecule has 0 aromatic carbocycles. The fraction of sp³-hybridized carbons (Fsp3) is 0.778. The van der Waals surface area contributed by atoms with E-state index in [1.807, 2.05) is 0 Å². The Morgan fingerprint density at radius 2 is 2.43 bits per heavy atom. The van der Waals surface area contributed by atoms with Crippen molar-refractivity contribution in [3.63, 3.8) is 0 Å². The van der Waals surface area contributed by atoms with Crippen molar-refractivity contribution in [3.8, 4) is 0 Å². The van der Waals surface area contributed by atoms with Gasteiger partial charge in [0, 0.05) is 12.5 Å². The largest absolute Gasteiger partial charge is 0.438 e. The van der Waals surface area contributed by atoms with E-state index in [2.05, 4.69) is 21.6 Å². The molecule has 14 heavy (non-hydrogen) atoms. The molecule has 2 rings (SSSR count). The van der Waals surface area contributed by atoms with Gasteiger partial charge in [-0.2, -0.15) is 0 Å². The van der Waals surface area contributed by atoms with E-state index < -0.39 is 5.76 Å². The van der Waals surface area contributed by atoms with Gasteiger partial charge in [-0.15, -0.1) is 0 Å². The molecule has 78 valence electrons. The second kappa shape index (κ2) is 3.24. The van der Waals surface area contributed by atoms with E-state index in [9.17, 15) is 4.79 Å². The maximum atomic E-state index is 10.6.